The summed E-state index contributed by atoms with van der Waals surface area (Å²) in [4.78, 5) is 20.2. The number of rotatable bonds is 0. The fourth-order valence-corrected chi connectivity index (χ4v) is 0.837. The molecule has 0 spiro atoms. The van der Waals surface area contributed by atoms with Gasteiger partial charge in [-0.3, -0.25) is 14.9 Å². The number of thioether (sulfide) groups is 1. The minimum atomic E-state index is -0.231. The Morgan fingerprint density at radius 3 is 2.22 bits per heavy atom. The zero-order chi connectivity index (χ0) is 7.28. The number of nitrogens with one attached hydrogen (secondary N) is 1. The molecular formula is C5H11NO2S. The van der Waals surface area contributed by atoms with Gasteiger partial charge in [0.1, 0.15) is 0 Å². The molecule has 0 saturated carbocycles. The summed E-state index contributed by atoms with van der Waals surface area (Å²) in [6.45, 7) is 4.00. The van der Waals surface area contributed by atoms with Gasteiger partial charge < -0.3 is 0 Å². The number of amides is 2. The van der Waals surface area contributed by atoms with E-state index in [9.17, 15) is 9.59 Å². The van der Waals surface area contributed by atoms with Gasteiger partial charge in [0, 0.05) is 1.43 Å². The van der Waals surface area contributed by atoms with E-state index in [0.717, 1.165) is 11.8 Å². The van der Waals surface area contributed by atoms with Crippen LogP contribution in [0.25, 0.3) is 0 Å². The van der Waals surface area contributed by atoms with E-state index < -0.39 is 0 Å². The van der Waals surface area contributed by atoms with Crippen LogP contribution in [0, 0.1) is 0 Å². The molecule has 1 saturated heterocycles. The van der Waals surface area contributed by atoms with Crippen molar-refractivity contribution in [2.24, 2.45) is 0 Å². The highest BCUT2D eigenvalue weighted by atomic mass is 32.2. The molecule has 0 aromatic rings. The third-order valence-electron chi connectivity index (χ3n) is 0.576. The Hall–Kier alpha value is -0.510. The van der Waals surface area contributed by atoms with Crippen LogP contribution in [-0.2, 0) is 4.79 Å². The van der Waals surface area contributed by atoms with Gasteiger partial charge in [-0.25, -0.2) is 0 Å². The zero-order valence-corrected chi connectivity index (χ0v) is 6.25. The molecule has 0 aromatic carbocycles. The van der Waals surface area contributed by atoms with Crippen molar-refractivity contribution in [3.05, 3.63) is 0 Å². The van der Waals surface area contributed by atoms with Crippen molar-refractivity contribution >= 4 is 22.9 Å². The van der Waals surface area contributed by atoms with Gasteiger partial charge in [0.05, 0.1) is 5.75 Å². The van der Waals surface area contributed by atoms with Crippen molar-refractivity contribution in [2.45, 2.75) is 13.8 Å². The van der Waals surface area contributed by atoms with Gasteiger partial charge in [0.2, 0.25) is 5.91 Å². The van der Waals surface area contributed by atoms with Gasteiger partial charge in [-0.15, -0.1) is 0 Å². The van der Waals surface area contributed by atoms with Crippen LogP contribution in [0.1, 0.15) is 15.3 Å². The largest absolute Gasteiger partial charge is 0.286 e. The summed E-state index contributed by atoms with van der Waals surface area (Å²) in [5, 5.41) is 1.87. The van der Waals surface area contributed by atoms with Crippen LogP contribution >= 0.6 is 11.8 Å². The van der Waals surface area contributed by atoms with Crippen LogP contribution < -0.4 is 5.32 Å². The van der Waals surface area contributed by atoms with Crippen molar-refractivity contribution in [2.75, 3.05) is 5.75 Å². The first-order chi connectivity index (χ1) is 4.29. The Balaban J connectivity index is 0. The molecule has 3 nitrogen and oxygen atoms in total. The van der Waals surface area contributed by atoms with E-state index in [2.05, 4.69) is 5.32 Å². The molecule has 9 heavy (non-hydrogen) atoms. The molecule has 1 rings (SSSR count). The molecule has 1 aliphatic rings. The van der Waals surface area contributed by atoms with Gasteiger partial charge in [0.15, 0.2) is 0 Å². The van der Waals surface area contributed by atoms with Crippen LogP contribution in [0.4, 0.5) is 4.79 Å². The lowest BCUT2D eigenvalue weighted by Crippen LogP contribution is -2.18. The second-order valence-electron chi connectivity index (χ2n) is 1.12. The number of hydrogen-bond acceptors (Lipinski definition) is 3. The third-order valence-corrected chi connectivity index (χ3v) is 1.35. The minimum Gasteiger partial charge on any atom is -0.286 e. The molecule has 0 radical (unpaired) electrons. The van der Waals surface area contributed by atoms with E-state index in [0.29, 0.717) is 5.75 Å². The number of carbonyl (C=O) groups excluding carboxylic acids is 2. The summed E-state index contributed by atoms with van der Waals surface area (Å²) in [5.74, 6) is 0.105. The summed E-state index contributed by atoms with van der Waals surface area (Å²) >= 11 is 1.01. The van der Waals surface area contributed by atoms with Gasteiger partial charge in [-0.2, -0.15) is 0 Å². The highest BCUT2D eigenvalue weighted by Crippen LogP contribution is 2.06. The Morgan fingerprint density at radius 2 is 2.11 bits per heavy atom. The molecule has 2 amide bonds. The second-order valence-corrected chi connectivity index (χ2v) is 2.07. The highest BCUT2D eigenvalue weighted by Gasteiger charge is 2.16. The third kappa shape index (κ3) is 3.13. The smallest absolute Gasteiger partial charge is 0.286 e. The summed E-state index contributed by atoms with van der Waals surface area (Å²) in [5.41, 5.74) is 0. The molecule has 0 aromatic heterocycles. The zero-order valence-electron chi connectivity index (χ0n) is 5.43. The van der Waals surface area contributed by atoms with Crippen molar-refractivity contribution in [3.8, 4) is 0 Å². The molecule has 1 N–H and O–H groups in total. The van der Waals surface area contributed by atoms with Gasteiger partial charge in [0.25, 0.3) is 5.24 Å². The predicted octanol–water partition coefficient (Wildman–Crippen LogP) is 1.24. The maximum Gasteiger partial charge on any atom is 0.286 e. The van der Waals surface area contributed by atoms with E-state index >= 15 is 0 Å². The lowest BCUT2D eigenvalue weighted by Gasteiger charge is -1.77. The van der Waals surface area contributed by atoms with Crippen LogP contribution in [0.5, 0.6) is 0 Å². The summed E-state index contributed by atoms with van der Waals surface area (Å²) in [6.07, 6.45) is 0. The normalized spacial score (nSPS) is 16.2. The fourth-order valence-electron chi connectivity index (χ4n) is 0.317. The first-order valence-electron chi connectivity index (χ1n) is 2.75. The lowest BCUT2D eigenvalue weighted by atomic mass is 10.7. The van der Waals surface area contributed by atoms with E-state index in [4.69, 9.17) is 0 Å². The van der Waals surface area contributed by atoms with Crippen molar-refractivity contribution < 1.29 is 11.0 Å². The number of hydrogen-bond donors (Lipinski definition) is 1. The van der Waals surface area contributed by atoms with Crippen molar-refractivity contribution in [3.63, 3.8) is 0 Å². The molecule has 0 aliphatic carbocycles. The average Bonchev–Trinajstić information content (AvgIpc) is 2.20. The standard InChI is InChI=1S/C3H3NO2S.C2H6.H2/c5-2-1-7-3(6)4-2;1-2;/h1H2,(H,4,5,6);1-2H3;1H. The predicted molar refractivity (Wildman–Crippen MR) is 39.5 cm³/mol. The summed E-state index contributed by atoms with van der Waals surface area (Å²) < 4.78 is 0. The fraction of sp³-hybridized carbons (Fsp3) is 0.600. The molecule has 54 valence electrons. The van der Waals surface area contributed by atoms with Crippen LogP contribution in [0.3, 0.4) is 0 Å². The van der Waals surface area contributed by atoms with Gasteiger partial charge in [-0.05, 0) is 0 Å². The summed E-state index contributed by atoms with van der Waals surface area (Å²) in [6, 6.07) is 0. The maximum absolute atomic E-state index is 10.1. The maximum atomic E-state index is 10.1. The van der Waals surface area contributed by atoms with Crippen molar-refractivity contribution in [1.82, 2.24) is 5.32 Å². The van der Waals surface area contributed by atoms with E-state index in [1.165, 1.54) is 0 Å². The molecule has 0 bridgehead atoms. The quantitative estimate of drug-likeness (QED) is 0.563. The SMILES string of the molecule is CC.O=C1CSC(=O)N1.[HH]. The molecule has 0 atom stereocenters. The number of carbonyl (C=O) groups is 2. The first kappa shape index (κ1) is 8.49. The molecule has 1 aliphatic heterocycles. The first-order valence-corrected chi connectivity index (χ1v) is 3.74. The van der Waals surface area contributed by atoms with Gasteiger partial charge in [-0.1, -0.05) is 25.6 Å². The Morgan fingerprint density at radius 1 is 1.56 bits per heavy atom. The Kier molecular flexibility index (Phi) is 4.13. The minimum absolute atomic E-state index is 0. The number of imide groups is 1. The molecule has 0 unspecified atom stereocenters. The Labute approximate surface area is 59.7 Å². The van der Waals surface area contributed by atoms with Crippen LogP contribution in [0.15, 0.2) is 0 Å². The Bertz CT molecular complexity index is 115. The summed E-state index contributed by atoms with van der Waals surface area (Å²) in [7, 11) is 0. The molecular weight excluding hydrogens is 138 g/mol. The van der Waals surface area contributed by atoms with Crippen LogP contribution in [0.2, 0.25) is 0 Å². The molecule has 1 heterocycles. The monoisotopic (exact) mass is 149 g/mol. The topological polar surface area (TPSA) is 46.2 Å². The van der Waals surface area contributed by atoms with Crippen LogP contribution in [-0.4, -0.2) is 16.9 Å². The van der Waals surface area contributed by atoms with Gasteiger partial charge >= 0.3 is 0 Å². The van der Waals surface area contributed by atoms with Crippen molar-refractivity contribution in [1.29, 1.82) is 0 Å². The van der Waals surface area contributed by atoms with E-state index in [-0.39, 0.29) is 12.6 Å². The van der Waals surface area contributed by atoms with E-state index in [1.807, 2.05) is 13.8 Å². The highest BCUT2D eigenvalue weighted by molar-refractivity contribution is 8.14. The van der Waals surface area contributed by atoms with E-state index in [1.54, 1.807) is 0 Å². The average molecular weight is 149 g/mol. The second kappa shape index (κ2) is 4.38. The lowest BCUT2D eigenvalue weighted by molar-refractivity contribution is -0.117. The molecule has 4 heteroatoms. The molecule has 1 fully saturated rings.